The summed E-state index contributed by atoms with van der Waals surface area (Å²) in [5, 5.41) is 6.92. The van der Waals surface area contributed by atoms with Crippen LogP contribution in [0.2, 0.25) is 0 Å². The number of nitrogens with one attached hydrogen (secondary N) is 1. The highest BCUT2D eigenvalue weighted by atomic mass is 32.2. The highest BCUT2D eigenvalue weighted by Gasteiger charge is 2.34. The Labute approximate surface area is 191 Å². The molecule has 0 unspecified atom stereocenters. The predicted octanol–water partition coefficient (Wildman–Crippen LogP) is 4.02. The van der Waals surface area contributed by atoms with E-state index < -0.39 is 10.0 Å². The van der Waals surface area contributed by atoms with Gasteiger partial charge in [0, 0.05) is 36.0 Å². The predicted molar refractivity (Wildman–Crippen MR) is 123 cm³/mol. The van der Waals surface area contributed by atoms with Gasteiger partial charge in [0.25, 0.3) is 0 Å². The molecule has 3 aromatic rings. The second-order valence-electron chi connectivity index (χ2n) is 7.88. The normalized spacial score (nSPS) is 15.7. The van der Waals surface area contributed by atoms with Crippen molar-refractivity contribution >= 4 is 33.0 Å². The third-order valence-corrected chi connectivity index (χ3v) is 8.91. The average Bonchev–Trinajstić information content (AvgIpc) is 3.42. The van der Waals surface area contributed by atoms with Gasteiger partial charge in [-0.15, -0.1) is 11.3 Å². The van der Waals surface area contributed by atoms with Crippen molar-refractivity contribution in [3.8, 4) is 10.7 Å². The fraction of sp³-hybridized carbons (Fsp3) is 0.409. The number of anilines is 1. The number of aromatic nitrogens is 2. The van der Waals surface area contributed by atoms with Crippen molar-refractivity contribution in [1.82, 2.24) is 14.4 Å². The second-order valence-corrected chi connectivity index (χ2v) is 11.0. The highest BCUT2D eigenvalue weighted by molar-refractivity contribution is 7.89. The minimum atomic E-state index is -3.67. The summed E-state index contributed by atoms with van der Waals surface area (Å²) < 4.78 is 33.2. The Bertz CT molecular complexity index is 1220. The molecule has 32 heavy (non-hydrogen) atoms. The number of sulfonamides is 1. The van der Waals surface area contributed by atoms with Crippen LogP contribution in [0.3, 0.4) is 0 Å². The first-order valence-electron chi connectivity index (χ1n) is 10.6. The number of amides is 1. The van der Waals surface area contributed by atoms with Crippen molar-refractivity contribution < 1.29 is 17.7 Å². The molecule has 8 nitrogen and oxygen atoms in total. The topological polar surface area (TPSA) is 105 Å². The van der Waals surface area contributed by atoms with E-state index in [4.69, 9.17) is 4.52 Å². The van der Waals surface area contributed by atoms with Crippen LogP contribution in [0.5, 0.6) is 0 Å². The first-order valence-corrected chi connectivity index (χ1v) is 12.8. The lowest BCUT2D eigenvalue weighted by atomic mass is 9.97. The molecule has 0 aliphatic carbocycles. The van der Waals surface area contributed by atoms with Crippen LogP contribution in [0.25, 0.3) is 10.7 Å². The van der Waals surface area contributed by atoms with Gasteiger partial charge in [-0.2, -0.15) is 9.29 Å². The molecule has 1 amide bonds. The number of hydrogen-bond donors (Lipinski definition) is 1. The Kier molecular flexibility index (Phi) is 6.45. The van der Waals surface area contributed by atoms with E-state index in [-0.39, 0.29) is 16.7 Å². The molecule has 3 heterocycles. The number of nitrogens with zero attached hydrogens (tertiary/aromatic N) is 3. The van der Waals surface area contributed by atoms with Gasteiger partial charge in [-0.3, -0.25) is 4.79 Å². The van der Waals surface area contributed by atoms with Crippen LogP contribution in [-0.2, 0) is 21.2 Å². The number of thiophene rings is 1. The Morgan fingerprint density at radius 1 is 1.25 bits per heavy atom. The van der Waals surface area contributed by atoms with E-state index in [0.717, 1.165) is 11.3 Å². The molecule has 0 bridgehead atoms. The van der Waals surface area contributed by atoms with Gasteiger partial charge >= 0.3 is 0 Å². The zero-order valence-electron chi connectivity index (χ0n) is 18.3. The van der Waals surface area contributed by atoms with Crippen molar-refractivity contribution in [2.75, 3.05) is 18.4 Å². The van der Waals surface area contributed by atoms with Crippen molar-refractivity contribution in [1.29, 1.82) is 0 Å². The molecule has 1 aliphatic rings. The van der Waals surface area contributed by atoms with Gasteiger partial charge < -0.3 is 9.84 Å². The number of para-hydroxylation sites is 1. The quantitative estimate of drug-likeness (QED) is 0.579. The molecule has 170 valence electrons. The van der Waals surface area contributed by atoms with Crippen LogP contribution in [0.4, 0.5) is 5.69 Å². The summed E-state index contributed by atoms with van der Waals surface area (Å²) in [6, 6.07) is 9.24. The van der Waals surface area contributed by atoms with Crippen LogP contribution in [-0.4, -0.2) is 41.9 Å². The fourth-order valence-electron chi connectivity index (χ4n) is 3.78. The molecular formula is C22H26N4O4S2. The van der Waals surface area contributed by atoms with E-state index in [0.29, 0.717) is 53.8 Å². The summed E-state index contributed by atoms with van der Waals surface area (Å²) in [5.41, 5.74) is 1.79. The monoisotopic (exact) mass is 474 g/mol. The Hall–Kier alpha value is -2.56. The Morgan fingerprint density at radius 3 is 2.62 bits per heavy atom. The number of benzene rings is 1. The lowest BCUT2D eigenvalue weighted by Crippen LogP contribution is -2.41. The summed E-state index contributed by atoms with van der Waals surface area (Å²) in [4.78, 5) is 18.6. The number of carbonyl (C=O) groups is 1. The molecule has 0 atom stereocenters. The lowest BCUT2D eigenvalue weighted by molar-refractivity contribution is -0.120. The maximum Gasteiger partial charge on any atom is 0.244 e. The largest absolute Gasteiger partial charge is 0.339 e. The number of aryl methyl sites for hydroxylation is 3. The van der Waals surface area contributed by atoms with Crippen LogP contribution in [0.15, 0.2) is 39.8 Å². The number of hydrogen-bond acceptors (Lipinski definition) is 7. The highest BCUT2D eigenvalue weighted by Crippen LogP contribution is 2.35. The zero-order chi connectivity index (χ0) is 22.9. The third kappa shape index (κ3) is 4.48. The summed E-state index contributed by atoms with van der Waals surface area (Å²) in [6.45, 7) is 6.25. The van der Waals surface area contributed by atoms with Crippen LogP contribution in [0.1, 0.15) is 36.1 Å². The number of rotatable bonds is 6. The molecule has 0 saturated carbocycles. The van der Waals surface area contributed by atoms with E-state index in [9.17, 15) is 13.2 Å². The Morgan fingerprint density at radius 2 is 1.97 bits per heavy atom. The average molecular weight is 475 g/mol. The molecule has 0 spiro atoms. The maximum atomic E-state index is 13.3. The molecule has 1 saturated heterocycles. The SMILES string of the molecule is CCc1nc(-c2cc(S(=O)(=O)N3CCC(C(=O)Nc4ccccc4C)CC3)c(C)s2)no1. The standard InChI is InChI=1S/C22H26N4O4S2/c1-4-20-24-21(25-30-20)18-13-19(15(3)31-18)32(28,29)26-11-9-16(10-12-26)22(27)23-17-8-6-5-7-14(17)2/h5-8,13,16H,4,9-12H2,1-3H3,(H,23,27). The molecule has 1 aliphatic heterocycles. The zero-order valence-corrected chi connectivity index (χ0v) is 19.9. The van der Waals surface area contributed by atoms with Gasteiger partial charge in [0.2, 0.25) is 27.6 Å². The van der Waals surface area contributed by atoms with E-state index in [2.05, 4.69) is 15.5 Å². The lowest BCUT2D eigenvalue weighted by Gasteiger charge is -2.30. The molecule has 1 N–H and O–H groups in total. The van der Waals surface area contributed by atoms with Crippen molar-refractivity contribution in [3.63, 3.8) is 0 Å². The molecule has 10 heteroatoms. The van der Waals surface area contributed by atoms with Crippen molar-refractivity contribution in [3.05, 3.63) is 46.7 Å². The van der Waals surface area contributed by atoms with Gasteiger partial charge in [-0.05, 0) is 44.4 Å². The summed E-state index contributed by atoms with van der Waals surface area (Å²) in [6.07, 6.45) is 1.59. The summed E-state index contributed by atoms with van der Waals surface area (Å²) >= 11 is 1.34. The van der Waals surface area contributed by atoms with Crippen LogP contribution in [0, 0.1) is 19.8 Å². The van der Waals surface area contributed by atoms with Gasteiger partial charge in [0.1, 0.15) is 0 Å². The van der Waals surface area contributed by atoms with E-state index in [1.54, 1.807) is 13.0 Å². The van der Waals surface area contributed by atoms with Crippen molar-refractivity contribution in [2.45, 2.75) is 44.9 Å². The minimum absolute atomic E-state index is 0.0609. The Balaban J connectivity index is 1.44. The molecule has 4 rings (SSSR count). The van der Waals surface area contributed by atoms with E-state index >= 15 is 0 Å². The van der Waals surface area contributed by atoms with Crippen LogP contribution >= 0.6 is 11.3 Å². The maximum absolute atomic E-state index is 13.3. The molecule has 1 fully saturated rings. The first kappa shape index (κ1) is 22.6. The van der Waals surface area contributed by atoms with Gasteiger partial charge in [-0.1, -0.05) is 30.3 Å². The van der Waals surface area contributed by atoms with Gasteiger partial charge in [-0.25, -0.2) is 8.42 Å². The minimum Gasteiger partial charge on any atom is -0.339 e. The van der Waals surface area contributed by atoms with Crippen LogP contribution < -0.4 is 5.32 Å². The summed E-state index contributed by atoms with van der Waals surface area (Å²) in [7, 11) is -3.67. The van der Waals surface area contributed by atoms with E-state index in [1.165, 1.54) is 15.6 Å². The molecule has 1 aromatic carbocycles. The smallest absolute Gasteiger partial charge is 0.244 e. The second kappa shape index (κ2) is 9.13. The number of piperidine rings is 1. The number of carbonyl (C=O) groups excluding carboxylic acids is 1. The molecular weight excluding hydrogens is 448 g/mol. The van der Waals surface area contributed by atoms with E-state index in [1.807, 2.05) is 38.1 Å². The third-order valence-electron chi connectivity index (χ3n) is 5.71. The first-order chi connectivity index (χ1) is 15.3. The fourth-order valence-corrected chi connectivity index (χ4v) is 6.73. The van der Waals surface area contributed by atoms with Gasteiger partial charge in [0.05, 0.1) is 9.77 Å². The summed E-state index contributed by atoms with van der Waals surface area (Å²) in [5.74, 6) is 0.644. The molecule has 2 aromatic heterocycles. The molecule has 0 radical (unpaired) electrons. The van der Waals surface area contributed by atoms with Gasteiger partial charge in [0.15, 0.2) is 0 Å². The van der Waals surface area contributed by atoms with Crippen molar-refractivity contribution in [2.24, 2.45) is 5.92 Å².